The Balaban J connectivity index is 1.88. The third-order valence-corrected chi connectivity index (χ3v) is 4.88. The monoisotopic (exact) mass is 349 g/mol. The molecule has 0 spiro atoms. The van der Waals surface area contributed by atoms with Gasteiger partial charge in [-0.1, -0.05) is 13.8 Å². The van der Waals surface area contributed by atoms with Crippen molar-refractivity contribution in [2.45, 2.75) is 26.0 Å². The first kappa shape index (κ1) is 19.7. The Morgan fingerprint density at radius 1 is 1.20 bits per heavy atom. The van der Waals surface area contributed by atoms with Crippen molar-refractivity contribution in [3.8, 4) is 5.75 Å². The van der Waals surface area contributed by atoms with Gasteiger partial charge in [0.05, 0.1) is 12.1 Å². The van der Waals surface area contributed by atoms with Gasteiger partial charge in [-0.05, 0) is 51.5 Å². The molecule has 0 bridgehead atoms. The lowest BCUT2D eigenvalue weighted by molar-refractivity contribution is 0.0764. The zero-order valence-electron chi connectivity index (χ0n) is 15.8. The SMILES string of the molecule is CCN(CC)CCOc1ccc(C(=O)N2C[C@H](O)[C@@H](N(C)C)C2)cc1. The van der Waals surface area contributed by atoms with E-state index < -0.39 is 6.10 Å². The second-order valence-corrected chi connectivity index (χ2v) is 6.71. The Bertz CT molecular complexity index is 543. The van der Waals surface area contributed by atoms with Gasteiger partial charge in [0.1, 0.15) is 12.4 Å². The van der Waals surface area contributed by atoms with Gasteiger partial charge in [0.25, 0.3) is 5.91 Å². The van der Waals surface area contributed by atoms with E-state index in [4.69, 9.17) is 4.74 Å². The summed E-state index contributed by atoms with van der Waals surface area (Å²) in [5.41, 5.74) is 0.627. The Kier molecular flexibility index (Phi) is 7.23. The van der Waals surface area contributed by atoms with Crippen LogP contribution >= 0.6 is 0 Å². The fourth-order valence-electron chi connectivity index (χ4n) is 3.15. The summed E-state index contributed by atoms with van der Waals surface area (Å²) < 4.78 is 5.75. The van der Waals surface area contributed by atoms with E-state index in [1.165, 1.54) is 0 Å². The molecule has 0 unspecified atom stereocenters. The lowest BCUT2D eigenvalue weighted by Crippen LogP contribution is -2.38. The van der Waals surface area contributed by atoms with Crippen molar-refractivity contribution in [2.24, 2.45) is 0 Å². The number of carbonyl (C=O) groups excluding carboxylic acids is 1. The van der Waals surface area contributed by atoms with Crippen LogP contribution in [0, 0.1) is 0 Å². The molecule has 25 heavy (non-hydrogen) atoms. The molecule has 140 valence electrons. The normalized spacial score (nSPS) is 20.5. The highest BCUT2D eigenvalue weighted by Crippen LogP contribution is 2.19. The van der Waals surface area contributed by atoms with Crippen LogP contribution in [0.25, 0.3) is 0 Å². The lowest BCUT2D eigenvalue weighted by Gasteiger charge is -2.21. The van der Waals surface area contributed by atoms with Crippen LogP contribution in [0.15, 0.2) is 24.3 Å². The Hall–Kier alpha value is -1.63. The van der Waals surface area contributed by atoms with Gasteiger partial charge >= 0.3 is 0 Å². The molecule has 6 heteroatoms. The quantitative estimate of drug-likeness (QED) is 0.763. The molecule has 0 saturated carbocycles. The summed E-state index contributed by atoms with van der Waals surface area (Å²) >= 11 is 0. The van der Waals surface area contributed by atoms with Crippen molar-refractivity contribution in [1.82, 2.24) is 14.7 Å². The molecule has 2 atom stereocenters. The maximum atomic E-state index is 12.6. The van der Waals surface area contributed by atoms with Crippen LogP contribution in [-0.2, 0) is 0 Å². The Labute approximate surface area is 151 Å². The number of carbonyl (C=O) groups is 1. The second-order valence-electron chi connectivity index (χ2n) is 6.71. The van der Waals surface area contributed by atoms with E-state index in [9.17, 15) is 9.90 Å². The molecule has 1 N–H and O–H groups in total. The number of hydrogen-bond donors (Lipinski definition) is 1. The number of amides is 1. The number of hydrogen-bond acceptors (Lipinski definition) is 5. The van der Waals surface area contributed by atoms with Gasteiger partial charge in [0.15, 0.2) is 0 Å². The van der Waals surface area contributed by atoms with Crippen molar-refractivity contribution in [1.29, 1.82) is 0 Å². The van der Waals surface area contributed by atoms with Crippen LogP contribution in [0.2, 0.25) is 0 Å². The third kappa shape index (κ3) is 5.17. The van der Waals surface area contributed by atoms with Crippen LogP contribution in [0.1, 0.15) is 24.2 Å². The van der Waals surface area contributed by atoms with Gasteiger partial charge < -0.3 is 24.5 Å². The predicted octanol–water partition coefficient (Wildman–Crippen LogP) is 1.15. The summed E-state index contributed by atoms with van der Waals surface area (Å²) in [5, 5.41) is 10.1. The Morgan fingerprint density at radius 2 is 1.84 bits per heavy atom. The number of likely N-dealkylation sites (N-methyl/N-ethyl adjacent to an activating group) is 2. The first-order valence-electron chi connectivity index (χ1n) is 9.05. The number of rotatable bonds is 8. The van der Waals surface area contributed by atoms with Crippen molar-refractivity contribution < 1.29 is 14.6 Å². The van der Waals surface area contributed by atoms with Gasteiger partial charge in [-0.15, -0.1) is 0 Å². The smallest absolute Gasteiger partial charge is 0.254 e. The van der Waals surface area contributed by atoms with Crippen LogP contribution in [0.5, 0.6) is 5.75 Å². The third-order valence-electron chi connectivity index (χ3n) is 4.88. The van der Waals surface area contributed by atoms with Gasteiger partial charge in [-0.3, -0.25) is 4.79 Å². The number of aliphatic hydroxyl groups excluding tert-OH is 1. The molecule has 0 aromatic heterocycles. The zero-order chi connectivity index (χ0) is 18.4. The fraction of sp³-hybridized carbons (Fsp3) is 0.632. The Morgan fingerprint density at radius 3 is 2.36 bits per heavy atom. The molecule has 1 aliphatic heterocycles. The average molecular weight is 349 g/mol. The van der Waals surface area contributed by atoms with E-state index in [2.05, 4.69) is 18.7 Å². The minimum Gasteiger partial charge on any atom is -0.492 e. The van der Waals surface area contributed by atoms with E-state index in [-0.39, 0.29) is 11.9 Å². The minimum atomic E-state index is -0.498. The highest BCUT2D eigenvalue weighted by molar-refractivity contribution is 5.94. The van der Waals surface area contributed by atoms with Gasteiger partial charge in [0.2, 0.25) is 0 Å². The van der Waals surface area contributed by atoms with Crippen molar-refractivity contribution in [2.75, 3.05) is 53.4 Å². The largest absolute Gasteiger partial charge is 0.492 e. The molecule has 1 heterocycles. The molecule has 1 aromatic rings. The molecule has 1 aromatic carbocycles. The van der Waals surface area contributed by atoms with E-state index in [1.807, 2.05) is 31.1 Å². The van der Waals surface area contributed by atoms with Crippen LogP contribution in [-0.4, -0.2) is 91.3 Å². The summed E-state index contributed by atoms with van der Waals surface area (Å²) in [7, 11) is 3.85. The number of nitrogens with zero attached hydrogens (tertiary/aromatic N) is 3. The molecule has 0 aliphatic carbocycles. The van der Waals surface area contributed by atoms with Crippen molar-refractivity contribution in [3.05, 3.63) is 29.8 Å². The van der Waals surface area contributed by atoms with Crippen LogP contribution in [0.4, 0.5) is 0 Å². The molecule has 1 fully saturated rings. The molecule has 0 radical (unpaired) electrons. The van der Waals surface area contributed by atoms with E-state index >= 15 is 0 Å². The second kappa shape index (κ2) is 9.17. The molecule has 1 aliphatic rings. The average Bonchev–Trinajstić information content (AvgIpc) is 3.01. The molecule has 1 saturated heterocycles. The first-order valence-corrected chi connectivity index (χ1v) is 9.05. The highest BCUT2D eigenvalue weighted by Gasteiger charge is 2.35. The number of likely N-dealkylation sites (tertiary alicyclic amines) is 1. The van der Waals surface area contributed by atoms with Crippen LogP contribution < -0.4 is 4.74 Å². The maximum Gasteiger partial charge on any atom is 0.254 e. The molecular formula is C19H31N3O3. The summed E-state index contributed by atoms with van der Waals surface area (Å²) in [6.07, 6.45) is -0.498. The summed E-state index contributed by atoms with van der Waals surface area (Å²) in [5.74, 6) is 0.731. The number of β-amino-alcohol motifs (C(OH)–C–C–N with tert-alkyl or cyclic N) is 1. The van der Waals surface area contributed by atoms with E-state index in [0.717, 1.165) is 25.4 Å². The molecule has 2 rings (SSSR count). The number of benzene rings is 1. The molecule has 1 amide bonds. The molecular weight excluding hydrogens is 318 g/mol. The summed E-state index contributed by atoms with van der Waals surface area (Å²) in [6, 6.07) is 7.26. The van der Waals surface area contributed by atoms with E-state index in [0.29, 0.717) is 25.3 Å². The summed E-state index contributed by atoms with van der Waals surface area (Å²) in [4.78, 5) is 18.6. The van der Waals surface area contributed by atoms with Crippen LogP contribution in [0.3, 0.4) is 0 Å². The molecule has 6 nitrogen and oxygen atoms in total. The standard InChI is InChI=1S/C19H31N3O3/c1-5-21(6-2)11-12-25-16-9-7-15(8-10-16)19(24)22-13-17(20(3)4)18(23)14-22/h7-10,17-18,23H,5-6,11-14H2,1-4H3/t17-,18-/m0/s1. The number of ether oxygens (including phenoxy) is 1. The lowest BCUT2D eigenvalue weighted by atomic mass is 10.2. The topological polar surface area (TPSA) is 56.3 Å². The highest BCUT2D eigenvalue weighted by atomic mass is 16.5. The summed E-state index contributed by atoms with van der Waals surface area (Å²) in [6.45, 7) is 8.77. The minimum absolute atomic E-state index is 0.00775. The van der Waals surface area contributed by atoms with E-state index in [1.54, 1.807) is 17.0 Å². The van der Waals surface area contributed by atoms with Gasteiger partial charge in [0, 0.05) is 25.2 Å². The van der Waals surface area contributed by atoms with Gasteiger partial charge in [-0.2, -0.15) is 0 Å². The predicted molar refractivity (Wildman–Crippen MR) is 99.1 cm³/mol. The van der Waals surface area contributed by atoms with Gasteiger partial charge in [-0.25, -0.2) is 0 Å². The maximum absolute atomic E-state index is 12.6. The first-order chi connectivity index (χ1) is 12.0. The van der Waals surface area contributed by atoms with Crippen molar-refractivity contribution in [3.63, 3.8) is 0 Å². The zero-order valence-corrected chi connectivity index (χ0v) is 15.8. The van der Waals surface area contributed by atoms with Crippen molar-refractivity contribution >= 4 is 5.91 Å². The number of aliphatic hydroxyl groups is 1. The fourth-order valence-corrected chi connectivity index (χ4v) is 3.15.